The average molecular weight is 461 g/mol. The van der Waals surface area contributed by atoms with Gasteiger partial charge in [-0.3, -0.25) is 4.98 Å². The van der Waals surface area contributed by atoms with Crippen LogP contribution in [0.3, 0.4) is 0 Å². The summed E-state index contributed by atoms with van der Waals surface area (Å²) >= 11 is 0. The summed E-state index contributed by atoms with van der Waals surface area (Å²) in [4.78, 5) is 4.29. The fraction of sp³-hybridized carbons (Fsp3) is 0.0882. The van der Waals surface area contributed by atoms with Crippen LogP contribution in [0.15, 0.2) is 109 Å². The van der Waals surface area contributed by atoms with Crippen molar-refractivity contribution in [3.05, 3.63) is 121 Å². The Morgan fingerprint density at radius 3 is 2.39 bits per heavy atom. The van der Waals surface area contributed by atoms with Crippen LogP contribution in [0.1, 0.15) is 25.0 Å². The lowest BCUT2D eigenvalue weighted by atomic mass is 9.80. The molecule has 0 aliphatic heterocycles. The fourth-order valence-electron chi connectivity index (χ4n) is 6.64. The van der Waals surface area contributed by atoms with Crippen molar-refractivity contribution in [3.8, 4) is 16.8 Å². The third-order valence-corrected chi connectivity index (χ3v) is 8.22. The Labute approximate surface area is 209 Å². The number of hydrogen-bond donors (Lipinski definition) is 0. The molecule has 0 N–H and O–H groups in total. The van der Waals surface area contributed by atoms with Crippen LogP contribution in [0.4, 0.5) is 0 Å². The van der Waals surface area contributed by atoms with Gasteiger partial charge in [0.05, 0.1) is 11.0 Å². The van der Waals surface area contributed by atoms with Crippen LogP contribution in [0.2, 0.25) is 0 Å². The van der Waals surface area contributed by atoms with Gasteiger partial charge in [-0.25, -0.2) is 0 Å². The van der Waals surface area contributed by atoms with Gasteiger partial charge >= 0.3 is 0 Å². The molecule has 7 aromatic rings. The van der Waals surface area contributed by atoms with Gasteiger partial charge in [-0.05, 0) is 68.7 Å². The van der Waals surface area contributed by atoms with Gasteiger partial charge in [-0.15, -0.1) is 0 Å². The van der Waals surface area contributed by atoms with E-state index in [2.05, 4.69) is 120 Å². The number of pyridine rings is 1. The van der Waals surface area contributed by atoms with Gasteiger partial charge in [-0.1, -0.05) is 80.6 Å². The van der Waals surface area contributed by atoms with Crippen LogP contribution in [0, 0.1) is 0 Å². The lowest BCUT2D eigenvalue weighted by Gasteiger charge is -2.23. The SMILES string of the molecule is CC1(C)c2ccc3c(c2-c2ccc4ccccc4c21)c1ccccc1n3-c1ccc2cnccc2c1. The normalized spacial score (nSPS) is 14.1. The zero-order valence-corrected chi connectivity index (χ0v) is 20.3. The Bertz CT molecular complexity index is 2020. The number of nitrogens with zero attached hydrogens (tertiary/aromatic N) is 2. The molecule has 5 aromatic carbocycles. The van der Waals surface area contributed by atoms with Crippen molar-refractivity contribution in [2.75, 3.05) is 0 Å². The van der Waals surface area contributed by atoms with Gasteiger partial charge in [-0.2, -0.15) is 0 Å². The molecule has 2 nitrogen and oxygen atoms in total. The van der Waals surface area contributed by atoms with Gasteiger partial charge in [0, 0.05) is 39.7 Å². The molecular formula is C34H24N2. The monoisotopic (exact) mass is 460 g/mol. The maximum atomic E-state index is 4.29. The summed E-state index contributed by atoms with van der Waals surface area (Å²) in [7, 11) is 0. The number of benzene rings is 5. The zero-order valence-electron chi connectivity index (χ0n) is 20.3. The molecule has 170 valence electrons. The molecule has 2 aromatic heterocycles. The lowest BCUT2D eigenvalue weighted by molar-refractivity contribution is 0.666. The van der Waals surface area contributed by atoms with Gasteiger partial charge in [0.1, 0.15) is 0 Å². The zero-order chi connectivity index (χ0) is 24.0. The van der Waals surface area contributed by atoms with E-state index in [1.54, 1.807) is 0 Å². The highest BCUT2D eigenvalue weighted by Crippen LogP contribution is 2.55. The third-order valence-electron chi connectivity index (χ3n) is 8.22. The Balaban J connectivity index is 1.53. The molecule has 2 heteroatoms. The molecule has 1 aliphatic carbocycles. The van der Waals surface area contributed by atoms with E-state index in [-0.39, 0.29) is 5.41 Å². The minimum absolute atomic E-state index is 0.0706. The van der Waals surface area contributed by atoms with E-state index in [1.165, 1.54) is 65.9 Å². The smallest absolute Gasteiger partial charge is 0.0547 e. The van der Waals surface area contributed by atoms with Crippen LogP contribution >= 0.6 is 0 Å². The minimum atomic E-state index is -0.0706. The van der Waals surface area contributed by atoms with E-state index >= 15 is 0 Å². The molecule has 0 spiro atoms. The Morgan fingerprint density at radius 1 is 0.667 bits per heavy atom. The van der Waals surface area contributed by atoms with Crippen molar-refractivity contribution in [1.29, 1.82) is 0 Å². The lowest BCUT2D eigenvalue weighted by Crippen LogP contribution is -2.15. The van der Waals surface area contributed by atoms with Crippen LogP contribution in [0.5, 0.6) is 0 Å². The molecule has 1 aliphatic rings. The second-order valence-corrected chi connectivity index (χ2v) is 10.5. The van der Waals surface area contributed by atoms with E-state index in [4.69, 9.17) is 0 Å². The quantitative estimate of drug-likeness (QED) is 0.239. The summed E-state index contributed by atoms with van der Waals surface area (Å²) in [6.45, 7) is 4.76. The minimum Gasteiger partial charge on any atom is -0.309 e. The largest absolute Gasteiger partial charge is 0.309 e. The second-order valence-electron chi connectivity index (χ2n) is 10.5. The average Bonchev–Trinajstić information content (AvgIpc) is 3.37. The standard InChI is InChI=1S/C34H24N2/c1-34(2)28-15-16-30-32(31(28)27-14-12-21-7-3-4-8-25(21)33(27)34)26-9-5-6-10-29(26)36(30)24-13-11-23-20-35-18-17-22(23)19-24/h3-20H,1-2H3. The topological polar surface area (TPSA) is 17.8 Å². The summed E-state index contributed by atoms with van der Waals surface area (Å²) in [5, 5.41) is 7.67. The Morgan fingerprint density at radius 2 is 1.47 bits per heavy atom. The first kappa shape index (κ1) is 19.8. The second kappa shape index (κ2) is 6.83. The number of fused-ring (bicyclic) bond motifs is 10. The van der Waals surface area contributed by atoms with Crippen LogP contribution in [-0.4, -0.2) is 9.55 Å². The summed E-state index contributed by atoms with van der Waals surface area (Å²) < 4.78 is 2.43. The molecule has 0 unspecified atom stereocenters. The summed E-state index contributed by atoms with van der Waals surface area (Å²) in [5.74, 6) is 0. The predicted octanol–water partition coefficient (Wildman–Crippen LogP) is 8.79. The fourth-order valence-corrected chi connectivity index (χ4v) is 6.64. The molecule has 0 atom stereocenters. The molecule has 0 amide bonds. The van der Waals surface area contributed by atoms with E-state index in [0.717, 1.165) is 5.39 Å². The van der Waals surface area contributed by atoms with Gasteiger partial charge in [0.25, 0.3) is 0 Å². The first-order valence-electron chi connectivity index (χ1n) is 12.6. The molecule has 0 fully saturated rings. The Hall–Kier alpha value is -4.43. The van der Waals surface area contributed by atoms with Gasteiger partial charge in [0.2, 0.25) is 0 Å². The molecular weight excluding hydrogens is 436 g/mol. The predicted molar refractivity (Wildman–Crippen MR) is 151 cm³/mol. The van der Waals surface area contributed by atoms with Crippen LogP contribution in [0.25, 0.3) is 60.2 Å². The van der Waals surface area contributed by atoms with Crippen molar-refractivity contribution >= 4 is 43.4 Å². The van der Waals surface area contributed by atoms with Gasteiger partial charge in [0.15, 0.2) is 0 Å². The molecule has 8 rings (SSSR count). The maximum Gasteiger partial charge on any atom is 0.0547 e. The third kappa shape index (κ3) is 2.43. The molecule has 0 radical (unpaired) electrons. The first-order valence-corrected chi connectivity index (χ1v) is 12.6. The summed E-state index contributed by atoms with van der Waals surface area (Å²) in [6, 6.07) is 35.8. The summed E-state index contributed by atoms with van der Waals surface area (Å²) in [6.07, 6.45) is 3.80. The van der Waals surface area contributed by atoms with Crippen molar-refractivity contribution in [2.24, 2.45) is 0 Å². The van der Waals surface area contributed by atoms with Crippen molar-refractivity contribution in [3.63, 3.8) is 0 Å². The first-order chi connectivity index (χ1) is 17.6. The highest BCUT2D eigenvalue weighted by atomic mass is 15.0. The van der Waals surface area contributed by atoms with Crippen LogP contribution in [-0.2, 0) is 5.41 Å². The molecule has 0 saturated heterocycles. The van der Waals surface area contributed by atoms with E-state index < -0.39 is 0 Å². The van der Waals surface area contributed by atoms with Crippen molar-refractivity contribution in [2.45, 2.75) is 19.3 Å². The Kier molecular flexibility index (Phi) is 3.76. The van der Waals surface area contributed by atoms with E-state index in [9.17, 15) is 0 Å². The molecule has 36 heavy (non-hydrogen) atoms. The van der Waals surface area contributed by atoms with E-state index in [1.807, 2.05) is 12.4 Å². The van der Waals surface area contributed by atoms with Crippen molar-refractivity contribution in [1.82, 2.24) is 9.55 Å². The number of aromatic nitrogens is 2. The van der Waals surface area contributed by atoms with Crippen molar-refractivity contribution < 1.29 is 0 Å². The van der Waals surface area contributed by atoms with Crippen LogP contribution < -0.4 is 0 Å². The number of hydrogen-bond acceptors (Lipinski definition) is 1. The molecule has 0 saturated carbocycles. The van der Waals surface area contributed by atoms with Gasteiger partial charge < -0.3 is 4.57 Å². The molecule has 0 bridgehead atoms. The molecule has 2 heterocycles. The highest BCUT2D eigenvalue weighted by molar-refractivity contribution is 6.19. The summed E-state index contributed by atoms with van der Waals surface area (Å²) in [5.41, 5.74) is 9.20. The number of rotatable bonds is 1. The van der Waals surface area contributed by atoms with E-state index in [0.29, 0.717) is 0 Å². The highest BCUT2D eigenvalue weighted by Gasteiger charge is 2.38. The number of para-hydroxylation sites is 1. The maximum absolute atomic E-state index is 4.29.